The quantitative estimate of drug-likeness (QED) is 0.809. The van der Waals surface area contributed by atoms with E-state index in [-0.39, 0.29) is 5.41 Å². The second-order valence-electron chi connectivity index (χ2n) is 6.46. The Morgan fingerprint density at radius 3 is 2.37 bits per heavy atom. The summed E-state index contributed by atoms with van der Waals surface area (Å²) in [6, 6.07) is 4.04. The van der Waals surface area contributed by atoms with Crippen LogP contribution in [-0.2, 0) is 11.8 Å². The summed E-state index contributed by atoms with van der Waals surface area (Å²) >= 11 is 0. The van der Waals surface area contributed by atoms with Gasteiger partial charge in [-0.15, -0.1) is 0 Å². The number of hydrogen-bond acceptors (Lipinski definition) is 2. The summed E-state index contributed by atoms with van der Waals surface area (Å²) in [6.07, 6.45) is 1.01. The average molecular weight is 262 g/mol. The molecule has 0 radical (unpaired) electrons. The molecule has 1 rings (SSSR count). The van der Waals surface area contributed by atoms with Gasteiger partial charge in [0.1, 0.15) is 5.75 Å². The maximum Gasteiger partial charge on any atom is 0.122 e. The van der Waals surface area contributed by atoms with Crippen LogP contribution >= 0.6 is 0 Å². The fraction of sp³-hybridized carbons (Fsp3) is 0.529. The summed E-state index contributed by atoms with van der Waals surface area (Å²) in [6.45, 7) is 13.8. The van der Waals surface area contributed by atoms with Crippen LogP contribution in [0.25, 0.3) is 0 Å². The minimum absolute atomic E-state index is 0.0855. The van der Waals surface area contributed by atoms with E-state index in [1.807, 2.05) is 26.0 Å². The molecule has 0 aliphatic heterocycles. The molecule has 0 spiro atoms. The predicted octanol–water partition coefficient (Wildman–Crippen LogP) is 3.87. The van der Waals surface area contributed by atoms with Crippen molar-refractivity contribution in [3.8, 4) is 5.75 Å². The second kappa shape index (κ2) is 5.79. The number of rotatable bonds is 4. The van der Waals surface area contributed by atoms with Gasteiger partial charge < -0.3 is 10.2 Å². The highest BCUT2D eigenvalue weighted by Gasteiger charge is 2.20. The maximum atomic E-state index is 10.2. The van der Waals surface area contributed by atoms with Crippen LogP contribution in [0.2, 0.25) is 0 Å². The summed E-state index contributed by atoms with van der Waals surface area (Å²) < 4.78 is 0. The van der Waals surface area contributed by atoms with Gasteiger partial charge in [-0.25, -0.2) is 0 Å². The first-order valence-corrected chi connectivity index (χ1v) is 6.79. The van der Waals surface area contributed by atoms with E-state index < -0.39 is 6.10 Å². The molecule has 0 amide bonds. The predicted molar refractivity (Wildman–Crippen MR) is 80.7 cm³/mol. The second-order valence-corrected chi connectivity index (χ2v) is 6.46. The minimum atomic E-state index is -0.452. The maximum absolute atomic E-state index is 10.2. The van der Waals surface area contributed by atoms with E-state index in [9.17, 15) is 10.2 Å². The molecule has 1 aromatic rings. The molecule has 2 nitrogen and oxygen atoms in total. The monoisotopic (exact) mass is 262 g/mol. The van der Waals surface area contributed by atoms with E-state index in [1.165, 1.54) is 0 Å². The van der Waals surface area contributed by atoms with Gasteiger partial charge >= 0.3 is 0 Å². The highest BCUT2D eigenvalue weighted by Crippen LogP contribution is 2.34. The minimum Gasteiger partial charge on any atom is -0.507 e. The van der Waals surface area contributed by atoms with Gasteiger partial charge in [0.05, 0.1) is 6.10 Å². The molecule has 2 N–H and O–H groups in total. The lowest BCUT2D eigenvalue weighted by Crippen LogP contribution is -2.13. The summed E-state index contributed by atoms with van der Waals surface area (Å²) in [5.41, 5.74) is 3.73. The molecule has 0 saturated carbocycles. The molecule has 2 heteroatoms. The molecule has 19 heavy (non-hydrogen) atoms. The molecule has 0 fully saturated rings. The Morgan fingerprint density at radius 1 is 1.32 bits per heavy atom. The zero-order valence-corrected chi connectivity index (χ0v) is 12.7. The standard InChI is InChI=1S/C17H26O2/c1-11(2)15(18)8-7-13-9-12(3)16(19)14(10-13)17(4,5)6/h9-10,15,18-19H,1,7-8H2,2-6H3. The van der Waals surface area contributed by atoms with Crippen LogP contribution in [0.5, 0.6) is 5.75 Å². The summed E-state index contributed by atoms with van der Waals surface area (Å²) in [4.78, 5) is 0. The molecule has 0 aliphatic carbocycles. The summed E-state index contributed by atoms with van der Waals surface area (Å²) in [5.74, 6) is 0.386. The Kier molecular flexibility index (Phi) is 4.81. The number of aliphatic hydroxyl groups excluding tert-OH is 1. The molecule has 0 heterocycles. The zero-order valence-electron chi connectivity index (χ0n) is 12.7. The Labute approximate surface area is 116 Å². The first-order chi connectivity index (χ1) is 8.62. The molecule has 0 bridgehead atoms. The number of phenolic OH excluding ortho intramolecular Hbond substituents is 1. The smallest absolute Gasteiger partial charge is 0.122 e. The largest absolute Gasteiger partial charge is 0.507 e. The zero-order chi connectivity index (χ0) is 14.8. The molecule has 0 saturated heterocycles. The van der Waals surface area contributed by atoms with E-state index in [1.54, 1.807) is 0 Å². The van der Waals surface area contributed by atoms with Crippen molar-refractivity contribution < 1.29 is 10.2 Å². The van der Waals surface area contributed by atoms with Gasteiger partial charge in [-0.05, 0) is 48.8 Å². The van der Waals surface area contributed by atoms with Crippen LogP contribution < -0.4 is 0 Å². The van der Waals surface area contributed by atoms with Gasteiger partial charge in [0.15, 0.2) is 0 Å². The van der Waals surface area contributed by atoms with Gasteiger partial charge in [0.25, 0.3) is 0 Å². The van der Waals surface area contributed by atoms with Crippen molar-refractivity contribution in [2.24, 2.45) is 0 Å². The van der Waals surface area contributed by atoms with Crippen LogP contribution in [0.1, 0.15) is 50.8 Å². The van der Waals surface area contributed by atoms with Crippen LogP contribution in [0.4, 0.5) is 0 Å². The number of aliphatic hydroxyl groups is 1. The molecule has 1 atom stereocenters. The van der Waals surface area contributed by atoms with Crippen molar-refractivity contribution in [1.82, 2.24) is 0 Å². The Morgan fingerprint density at radius 2 is 1.89 bits per heavy atom. The third-order valence-electron chi connectivity index (χ3n) is 3.44. The van der Waals surface area contributed by atoms with E-state index in [2.05, 4.69) is 27.4 Å². The number of phenols is 1. The SMILES string of the molecule is C=C(C)C(O)CCc1cc(C)c(O)c(C(C)(C)C)c1. The lowest BCUT2D eigenvalue weighted by molar-refractivity contribution is 0.201. The van der Waals surface area contributed by atoms with E-state index in [0.717, 1.165) is 28.7 Å². The van der Waals surface area contributed by atoms with Crippen molar-refractivity contribution in [2.75, 3.05) is 0 Å². The third-order valence-corrected chi connectivity index (χ3v) is 3.44. The number of hydrogen-bond donors (Lipinski definition) is 2. The Hall–Kier alpha value is -1.28. The van der Waals surface area contributed by atoms with E-state index in [4.69, 9.17) is 0 Å². The van der Waals surface area contributed by atoms with Gasteiger partial charge in [-0.1, -0.05) is 45.1 Å². The molecule has 0 aliphatic rings. The lowest BCUT2D eigenvalue weighted by Gasteiger charge is -2.23. The highest BCUT2D eigenvalue weighted by atomic mass is 16.3. The van der Waals surface area contributed by atoms with E-state index in [0.29, 0.717) is 12.2 Å². The van der Waals surface area contributed by atoms with Crippen LogP contribution in [0, 0.1) is 6.92 Å². The summed E-state index contributed by atoms with van der Waals surface area (Å²) in [5, 5.41) is 20.0. The normalized spacial score (nSPS) is 13.4. The van der Waals surface area contributed by atoms with Crippen molar-refractivity contribution in [1.29, 1.82) is 0 Å². The number of aryl methyl sites for hydroxylation is 2. The molecule has 0 aromatic heterocycles. The molecular formula is C17H26O2. The highest BCUT2D eigenvalue weighted by molar-refractivity contribution is 5.46. The molecule has 1 aromatic carbocycles. The first kappa shape index (κ1) is 15.8. The Balaban J connectivity index is 2.98. The van der Waals surface area contributed by atoms with Crippen LogP contribution in [0.3, 0.4) is 0 Å². The van der Waals surface area contributed by atoms with Crippen molar-refractivity contribution in [3.63, 3.8) is 0 Å². The lowest BCUT2D eigenvalue weighted by atomic mass is 9.83. The Bertz CT molecular complexity index is 467. The van der Waals surface area contributed by atoms with Gasteiger partial charge in [-0.3, -0.25) is 0 Å². The van der Waals surface area contributed by atoms with Gasteiger partial charge in [0, 0.05) is 0 Å². The van der Waals surface area contributed by atoms with Crippen molar-refractivity contribution >= 4 is 0 Å². The van der Waals surface area contributed by atoms with Gasteiger partial charge in [-0.2, -0.15) is 0 Å². The van der Waals surface area contributed by atoms with Gasteiger partial charge in [0.2, 0.25) is 0 Å². The van der Waals surface area contributed by atoms with Crippen LogP contribution in [-0.4, -0.2) is 16.3 Å². The van der Waals surface area contributed by atoms with Crippen molar-refractivity contribution in [3.05, 3.63) is 41.0 Å². The fourth-order valence-corrected chi connectivity index (χ4v) is 2.12. The van der Waals surface area contributed by atoms with Crippen LogP contribution in [0.15, 0.2) is 24.3 Å². The average Bonchev–Trinajstić information content (AvgIpc) is 2.28. The number of aromatic hydroxyl groups is 1. The third kappa shape index (κ3) is 4.10. The number of benzene rings is 1. The fourth-order valence-electron chi connectivity index (χ4n) is 2.12. The molecule has 1 unspecified atom stereocenters. The van der Waals surface area contributed by atoms with E-state index >= 15 is 0 Å². The first-order valence-electron chi connectivity index (χ1n) is 6.79. The summed E-state index contributed by atoms with van der Waals surface area (Å²) in [7, 11) is 0. The van der Waals surface area contributed by atoms with Crippen molar-refractivity contribution in [2.45, 2.75) is 59.0 Å². The molecular weight excluding hydrogens is 236 g/mol. The molecule has 106 valence electrons. The topological polar surface area (TPSA) is 40.5 Å².